The van der Waals surface area contributed by atoms with Crippen molar-refractivity contribution >= 4 is 5.91 Å². The van der Waals surface area contributed by atoms with Gasteiger partial charge in [0.25, 0.3) is 0 Å². The summed E-state index contributed by atoms with van der Waals surface area (Å²) in [6.45, 7) is 6.42. The van der Waals surface area contributed by atoms with Crippen molar-refractivity contribution < 1.29 is 4.79 Å². The lowest BCUT2D eigenvalue weighted by Gasteiger charge is -2.39. The summed E-state index contributed by atoms with van der Waals surface area (Å²) >= 11 is 0. The fourth-order valence-corrected chi connectivity index (χ4v) is 3.99. The monoisotopic (exact) mass is 339 g/mol. The standard InChI is InChI=1S/C19H25N5O/c1-15(25)24-10-6-17-18(21-14-20-17)19(24)16-5-4-9-23(13-16)12-11-22-7-2-3-8-22/h2-3,5,7-8,14,19H,4,6,9-13H2,1H3,(H,20,21)/t19-/m0/s1. The molecule has 0 spiro atoms. The SMILES string of the molecule is CC(=O)N1CCc2[nH]cnc2[C@@H]1C1=CCCN(CCn2cccc2)C1. The zero-order valence-electron chi connectivity index (χ0n) is 14.7. The van der Waals surface area contributed by atoms with Crippen LogP contribution in [0.3, 0.4) is 0 Å². The van der Waals surface area contributed by atoms with Gasteiger partial charge < -0.3 is 14.5 Å². The summed E-state index contributed by atoms with van der Waals surface area (Å²) in [4.78, 5) is 24.4. The largest absolute Gasteiger partial charge is 0.353 e. The van der Waals surface area contributed by atoms with Crippen molar-refractivity contribution in [2.45, 2.75) is 32.4 Å². The van der Waals surface area contributed by atoms with Crippen LogP contribution in [0.25, 0.3) is 0 Å². The Labute approximate surface area is 148 Å². The number of hydrogen-bond acceptors (Lipinski definition) is 3. The second-order valence-electron chi connectivity index (χ2n) is 6.90. The van der Waals surface area contributed by atoms with Crippen LogP contribution in [0.2, 0.25) is 0 Å². The smallest absolute Gasteiger partial charge is 0.220 e. The lowest BCUT2D eigenvalue weighted by molar-refractivity contribution is -0.131. The minimum atomic E-state index is -0.0121. The number of rotatable bonds is 4. The van der Waals surface area contributed by atoms with Crippen LogP contribution in [-0.2, 0) is 17.8 Å². The number of nitrogens with zero attached hydrogens (tertiary/aromatic N) is 4. The van der Waals surface area contributed by atoms with E-state index in [1.165, 1.54) is 11.3 Å². The molecule has 6 nitrogen and oxygen atoms in total. The number of aromatic amines is 1. The predicted octanol–water partition coefficient (Wildman–Crippen LogP) is 1.99. The average Bonchev–Trinajstić information content (AvgIpc) is 3.30. The lowest BCUT2D eigenvalue weighted by Crippen LogP contribution is -2.43. The number of aromatic nitrogens is 3. The van der Waals surface area contributed by atoms with Gasteiger partial charge in [-0.1, -0.05) is 6.08 Å². The van der Waals surface area contributed by atoms with E-state index in [0.717, 1.165) is 51.3 Å². The van der Waals surface area contributed by atoms with Gasteiger partial charge in [-0.3, -0.25) is 9.69 Å². The van der Waals surface area contributed by atoms with Crippen molar-refractivity contribution in [3.8, 4) is 0 Å². The highest BCUT2D eigenvalue weighted by molar-refractivity contribution is 5.74. The molecule has 2 aromatic heterocycles. The van der Waals surface area contributed by atoms with Crippen molar-refractivity contribution in [3.63, 3.8) is 0 Å². The second-order valence-corrected chi connectivity index (χ2v) is 6.90. The molecule has 4 rings (SSSR count). The molecule has 2 aliphatic heterocycles. The van der Waals surface area contributed by atoms with Crippen LogP contribution < -0.4 is 0 Å². The van der Waals surface area contributed by atoms with E-state index in [1.807, 2.05) is 4.90 Å². The van der Waals surface area contributed by atoms with Gasteiger partial charge in [0.05, 0.1) is 18.1 Å². The zero-order chi connectivity index (χ0) is 17.2. The molecule has 0 aliphatic carbocycles. The zero-order valence-corrected chi connectivity index (χ0v) is 14.7. The number of nitrogens with one attached hydrogen (secondary N) is 1. The molecular weight excluding hydrogens is 314 g/mol. The number of carbonyl (C=O) groups excluding carboxylic acids is 1. The Balaban J connectivity index is 1.51. The highest BCUT2D eigenvalue weighted by atomic mass is 16.2. The van der Waals surface area contributed by atoms with Crippen molar-refractivity contribution in [2.24, 2.45) is 0 Å². The van der Waals surface area contributed by atoms with Crippen molar-refractivity contribution in [3.05, 3.63) is 53.9 Å². The number of H-pyrrole nitrogens is 1. The molecule has 0 fully saturated rings. The first-order valence-corrected chi connectivity index (χ1v) is 9.04. The topological polar surface area (TPSA) is 57.2 Å². The normalized spacial score (nSPS) is 21.1. The summed E-state index contributed by atoms with van der Waals surface area (Å²) in [7, 11) is 0. The Kier molecular flexibility index (Phi) is 4.44. The van der Waals surface area contributed by atoms with E-state index in [1.54, 1.807) is 13.3 Å². The Morgan fingerprint density at radius 1 is 1.28 bits per heavy atom. The predicted molar refractivity (Wildman–Crippen MR) is 96.0 cm³/mol. The minimum absolute atomic E-state index is 0.0121. The molecule has 0 aromatic carbocycles. The molecule has 0 saturated heterocycles. The lowest BCUT2D eigenvalue weighted by atomic mass is 9.92. The third-order valence-corrected chi connectivity index (χ3v) is 5.28. The highest BCUT2D eigenvalue weighted by Crippen LogP contribution is 2.35. The first-order valence-electron chi connectivity index (χ1n) is 9.04. The average molecular weight is 339 g/mol. The molecule has 0 bridgehead atoms. The van der Waals surface area contributed by atoms with Crippen LogP contribution in [0, 0.1) is 0 Å². The summed E-state index contributed by atoms with van der Waals surface area (Å²) in [6.07, 6.45) is 10.2. The number of imidazole rings is 1. The summed E-state index contributed by atoms with van der Waals surface area (Å²) in [5.74, 6) is 0.129. The van der Waals surface area contributed by atoms with Gasteiger partial charge >= 0.3 is 0 Å². The van der Waals surface area contributed by atoms with Crippen LogP contribution in [0.1, 0.15) is 30.8 Å². The Bertz CT molecular complexity index is 761. The molecule has 0 saturated carbocycles. The van der Waals surface area contributed by atoms with E-state index in [0.29, 0.717) is 0 Å². The maximum absolute atomic E-state index is 12.2. The van der Waals surface area contributed by atoms with Crippen LogP contribution in [0.15, 0.2) is 42.5 Å². The maximum Gasteiger partial charge on any atom is 0.220 e. The Hall–Kier alpha value is -2.34. The molecule has 132 valence electrons. The van der Waals surface area contributed by atoms with Crippen LogP contribution in [-0.4, -0.2) is 56.4 Å². The van der Waals surface area contributed by atoms with Gasteiger partial charge in [0.2, 0.25) is 5.91 Å². The van der Waals surface area contributed by atoms with Gasteiger partial charge in [-0.2, -0.15) is 0 Å². The quantitative estimate of drug-likeness (QED) is 0.867. The van der Waals surface area contributed by atoms with Crippen LogP contribution in [0.4, 0.5) is 0 Å². The summed E-state index contributed by atoms with van der Waals surface area (Å²) < 4.78 is 2.21. The van der Waals surface area contributed by atoms with E-state index in [-0.39, 0.29) is 11.9 Å². The van der Waals surface area contributed by atoms with Gasteiger partial charge in [0.1, 0.15) is 0 Å². The molecule has 0 radical (unpaired) electrons. The Morgan fingerprint density at radius 3 is 2.92 bits per heavy atom. The molecule has 4 heterocycles. The number of carbonyl (C=O) groups is 1. The van der Waals surface area contributed by atoms with E-state index in [9.17, 15) is 4.79 Å². The maximum atomic E-state index is 12.2. The highest BCUT2D eigenvalue weighted by Gasteiger charge is 2.35. The van der Waals surface area contributed by atoms with E-state index in [4.69, 9.17) is 0 Å². The van der Waals surface area contributed by atoms with Gasteiger partial charge in [-0.15, -0.1) is 0 Å². The van der Waals surface area contributed by atoms with E-state index < -0.39 is 0 Å². The summed E-state index contributed by atoms with van der Waals surface area (Å²) in [5.41, 5.74) is 3.51. The first kappa shape index (κ1) is 16.1. The van der Waals surface area contributed by atoms with Gasteiger partial charge in [0, 0.05) is 64.2 Å². The van der Waals surface area contributed by atoms with Gasteiger partial charge in [-0.05, 0) is 24.1 Å². The molecule has 2 aromatic rings. The van der Waals surface area contributed by atoms with Gasteiger partial charge in [0.15, 0.2) is 0 Å². The molecule has 1 atom stereocenters. The number of amides is 1. The molecule has 0 unspecified atom stereocenters. The third kappa shape index (κ3) is 3.26. The van der Waals surface area contributed by atoms with E-state index in [2.05, 4.69) is 50.0 Å². The van der Waals surface area contributed by atoms with Crippen molar-refractivity contribution in [1.29, 1.82) is 0 Å². The molecule has 6 heteroatoms. The summed E-state index contributed by atoms with van der Waals surface area (Å²) in [5, 5.41) is 0. The van der Waals surface area contributed by atoms with E-state index >= 15 is 0 Å². The van der Waals surface area contributed by atoms with Crippen molar-refractivity contribution in [1.82, 2.24) is 24.3 Å². The molecule has 2 aliphatic rings. The minimum Gasteiger partial charge on any atom is -0.353 e. The number of fused-ring (bicyclic) bond motifs is 1. The Morgan fingerprint density at radius 2 is 2.12 bits per heavy atom. The second kappa shape index (κ2) is 6.88. The third-order valence-electron chi connectivity index (χ3n) is 5.28. The fraction of sp³-hybridized carbons (Fsp3) is 0.474. The molecule has 1 N–H and O–H groups in total. The number of hydrogen-bond donors (Lipinski definition) is 1. The van der Waals surface area contributed by atoms with Crippen LogP contribution in [0.5, 0.6) is 0 Å². The first-order chi connectivity index (χ1) is 12.2. The fourth-order valence-electron chi connectivity index (χ4n) is 3.99. The molecule has 25 heavy (non-hydrogen) atoms. The van der Waals surface area contributed by atoms with Gasteiger partial charge in [-0.25, -0.2) is 4.98 Å². The van der Waals surface area contributed by atoms with Crippen molar-refractivity contribution in [2.75, 3.05) is 26.2 Å². The molecule has 1 amide bonds. The summed E-state index contributed by atoms with van der Waals surface area (Å²) in [6, 6.07) is 4.11. The van der Waals surface area contributed by atoms with Crippen LogP contribution >= 0.6 is 0 Å². The molecular formula is C19H25N5O.